The smallest absolute Gasteiger partial charge is 0.120 e. The molecule has 1 aliphatic carbocycles. The standard InChI is InChI=1S/C15H22BrNO/c1-15(2,11-17-13-6-7-13)8-9-18-14-5-3-4-12(16)10-14/h3-5,10,13,17H,6-9,11H2,1-2H3. The maximum atomic E-state index is 5.79. The number of ether oxygens (including phenoxy) is 1. The van der Waals surface area contributed by atoms with E-state index in [9.17, 15) is 0 Å². The van der Waals surface area contributed by atoms with E-state index in [-0.39, 0.29) is 0 Å². The third-order valence-electron chi connectivity index (χ3n) is 3.29. The molecule has 1 aromatic carbocycles. The lowest BCUT2D eigenvalue weighted by Crippen LogP contribution is -2.32. The molecule has 1 aromatic rings. The molecule has 0 spiro atoms. The van der Waals surface area contributed by atoms with Crippen molar-refractivity contribution < 1.29 is 4.74 Å². The highest BCUT2D eigenvalue weighted by Crippen LogP contribution is 2.25. The van der Waals surface area contributed by atoms with Gasteiger partial charge in [0.05, 0.1) is 6.61 Å². The van der Waals surface area contributed by atoms with E-state index < -0.39 is 0 Å². The van der Waals surface area contributed by atoms with Crippen LogP contribution >= 0.6 is 15.9 Å². The molecule has 2 rings (SSSR count). The van der Waals surface area contributed by atoms with Gasteiger partial charge in [-0.2, -0.15) is 0 Å². The molecule has 3 heteroatoms. The molecule has 1 aliphatic rings. The molecule has 0 amide bonds. The summed E-state index contributed by atoms with van der Waals surface area (Å²) in [6, 6.07) is 8.81. The van der Waals surface area contributed by atoms with E-state index in [0.717, 1.165) is 35.8 Å². The lowest BCUT2D eigenvalue weighted by molar-refractivity contribution is 0.222. The van der Waals surface area contributed by atoms with Crippen LogP contribution in [-0.4, -0.2) is 19.2 Å². The molecule has 1 fully saturated rings. The van der Waals surface area contributed by atoms with E-state index in [1.54, 1.807) is 0 Å². The van der Waals surface area contributed by atoms with E-state index in [4.69, 9.17) is 4.74 Å². The number of benzene rings is 1. The van der Waals surface area contributed by atoms with E-state index in [1.807, 2.05) is 24.3 Å². The quantitative estimate of drug-likeness (QED) is 0.822. The molecule has 0 unspecified atom stereocenters. The molecular weight excluding hydrogens is 290 g/mol. The summed E-state index contributed by atoms with van der Waals surface area (Å²) in [7, 11) is 0. The van der Waals surface area contributed by atoms with Crippen molar-refractivity contribution in [3.8, 4) is 5.75 Å². The zero-order valence-electron chi connectivity index (χ0n) is 11.2. The third-order valence-corrected chi connectivity index (χ3v) is 3.78. The van der Waals surface area contributed by atoms with Crippen molar-refractivity contribution in [3.63, 3.8) is 0 Å². The van der Waals surface area contributed by atoms with Crippen LogP contribution in [0.15, 0.2) is 28.7 Å². The van der Waals surface area contributed by atoms with Gasteiger partial charge in [0, 0.05) is 17.1 Å². The van der Waals surface area contributed by atoms with Crippen LogP contribution in [0.1, 0.15) is 33.1 Å². The Kier molecular flexibility index (Phi) is 4.68. The van der Waals surface area contributed by atoms with Crippen molar-refractivity contribution in [1.29, 1.82) is 0 Å². The van der Waals surface area contributed by atoms with Crippen LogP contribution in [0.2, 0.25) is 0 Å². The van der Waals surface area contributed by atoms with E-state index >= 15 is 0 Å². The normalized spacial score (nSPS) is 15.7. The second kappa shape index (κ2) is 6.07. The maximum Gasteiger partial charge on any atom is 0.120 e. The SMILES string of the molecule is CC(C)(CCOc1cccc(Br)c1)CNC1CC1. The first-order valence-corrected chi connectivity index (χ1v) is 7.46. The number of rotatable bonds is 7. The molecule has 0 saturated heterocycles. The Labute approximate surface area is 118 Å². The molecule has 2 nitrogen and oxygen atoms in total. The van der Waals surface area contributed by atoms with Crippen LogP contribution < -0.4 is 10.1 Å². The number of hydrogen-bond acceptors (Lipinski definition) is 2. The molecular formula is C15H22BrNO. The van der Waals surface area contributed by atoms with Gasteiger partial charge in [-0.25, -0.2) is 0 Å². The van der Waals surface area contributed by atoms with Crippen molar-refractivity contribution in [2.24, 2.45) is 5.41 Å². The summed E-state index contributed by atoms with van der Waals surface area (Å²) in [6.07, 6.45) is 3.77. The van der Waals surface area contributed by atoms with Crippen LogP contribution in [0.5, 0.6) is 5.75 Å². The number of halogens is 1. The van der Waals surface area contributed by atoms with Crippen LogP contribution in [0.4, 0.5) is 0 Å². The highest BCUT2D eigenvalue weighted by atomic mass is 79.9. The lowest BCUT2D eigenvalue weighted by Gasteiger charge is -2.25. The fourth-order valence-corrected chi connectivity index (χ4v) is 2.18. The molecule has 1 N–H and O–H groups in total. The molecule has 0 radical (unpaired) electrons. The minimum Gasteiger partial charge on any atom is -0.494 e. The van der Waals surface area contributed by atoms with Crippen molar-refractivity contribution in [2.45, 2.75) is 39.2 Å². The monoisotopic (exact) mass is 311 g/mol. The Morgan fingerprint density at radius 2 is 2.17 bits per heavy atom. The fourth-order valence-electron chi connectivity index (χ4n) is 1.80. The third kappa shape index (κ3) is 4.99. The predicted octanol–water partition coefficient (Wildman–Crippen LogP) is 4.00. The summed E-state index contributed by atoms with van der Waals surface area (Å²) in [6.45, 7) is 6.45. The van der Waals surface area contributed by atoms with Gasteiger partial charge in [0.2, 0.25) is 0 Å². The molecule has 100 valence electrons. The average molecular weight is 312 g/mol. The lowest BCUT2D eigenvalue weighted by atomic mass is 9.89. The largest absolute Gasteiger partial charge is 0.494 e. The van der Waals surface area contributed by atoms with Gasteiger partial charge in [0.15, 0.2) is 0 Å². The Morgan fingerprint density at radius 3 is 2.83 bits per heavy atom. The van der Waals surface area contributed by atoms with Gasteiger partial charge in [-0.15, -0.1) is 0 Å². The minimum absolute atomic E-state index is 0.300. The van der Waals surface area contributed by atoms with Crippen LogP contribution in [0.25, 0.3) is 0 Å². The first-order chi connectivity index (χ1) is 8.55. The minimum atomic E-state index is 0.300. The van der Waals surface area contributed by atoms with Crippen LogP contribution in [0, 0.1) is 5.41 Å². The van der Waals surface area contributed by atoms with Crippen molar-refractivity contribution >= 4 is 15.9 Å². The van der Waals surface area contributed by atoms with Crippen LogP contribution in [-0.2, 0) is 0 Å². The van der Waals surface area contributed by atoms with Gasteiger partial charge in [-0.3, -0.25) is 0 Å². The molecule has 0 atom stereocenters. The highest BCUT2D eigenvalue weighted by molar-refractivity contribution is 9.10. The van der Waals surface area contributed by atoms with Gasteiger partial charge in [0.1, 0.15) is 5.75 Å². The number of nitrogens with one attached hydrogen (secondary N) is 1. The summed E-state index contributed by atoms with van der Waals surface area (Å²) in [5.74, 6) is 0.940. The Balaban J connectivity index is 1.69. The highest BCUT2D eigenvalue weighted by Gasteiger charge is 2.25. The number of hydrogen-bond donors (Lipinski definition) is 1. The van der Waals surface area contributed by atoms with E-state index in [1.165, 1.54) is 12.8 Å². The molecule has 18 heavy (non-hydrogen) atoms. The Bertz CT molecular complexity index is 388. The molecule has 0 heterocycles. The van der Waals surface area contributed by atoms with Gasteiger partial charge in [0.25, 0.3) is 0 Å². The first kappa shape index (κ1) is 13.9. The van der Waals surface area contributed by atoms with E-state index in [2.05, 4.69) is 35.1 Å². The maximum absolute atomic E-state index is 5.79. The van der Waals surface area contributed by atoms with Crippen molar-refractivity contribution in [3.05, 3.63) is 28.7 Å². The zero-order valence-corrected chi connectivity index (χ0v) is 12.8. The second-order valence-corrected chi connectivity index (χ2v) is 6.79. The van der Waals surface area contributed by atoms with Crippen molar-refractivity contribution in [1.82, 2.24) is 5.32 Å². The fraction of sp³-hybridized carbons (Fsp3) is 0.600. The topological polar surface area (TPSA) is 21.3 Å². The molecule has 0 aliphatic heterocycles. The summed E-state index contributed by atoms with van der Waals surface area (Å²) >= 11 is 3.45. The zero-order chi connectivity index (χ0) is 13.0. The van der Waals surface area contributed by atoms with Gasteiger partial charge in [-0.05, 0) is 42.9 Å². The summed E-state index contributed by atoms with van der Waals surface area (Å²) < 4.78 is 6.85. The first-order valence-electron chi connectivity index (χ1n) is 6.67. The second-order valence-electron chi connectivity index (χ2n) is 5.88. The molecule has 1 saturated carbocycles. The Morgan fingerprint density at radius 1 is 1.39 bits per heavy atom. The molecule has 0 aromatic heterocycles. The predicted molar refractivity (Wildman–Crippen MR) is 79.1 cm³/mol. The summed E-state index contributed by atoms with van der Waals surface area (Å²) in [4.78, 5) is 0. The summed E-state index contributed by atoms with van der Waals surface area (Å²) in [5, 5.41) is 3.59. The van der Waals surface area contributed by atoms with Gasteiger partial charge in [-0.1, -0.05) is 35.8 Å². The van der Waals surface area contributed by atoms with Crippen LogP contribution in [0.3, 0.4) is 0 Å². The van der Waals surface area contributed by atoms with E-state index in [0.29, 0.717) is 5.41 Å². The Hall–Kier alpha value is -0.540. The van der Waals surface area contributed by atoms with Gasteiger partial charge >= 0.3 is 0 Å². The average Bonchev–Trinajstić information content (AvgIpc) is 3.10. The van der Waals surface area contributed by atoms with Crippen molar-refractivity contribution in [2.75, 3.05) is 13.2 Å². The van der Waals surface area contributed by atoms with Gasteiger partial charge < -0.3 is 10.1 Å². The molecule has 0 bridgehead atoms. The summed E-state index contributed by atoms with van der Waals surface area (Å²) in [5.41, 5.74) is 0.300.